The summed E-state index contributed by atoms with van der Waals surface area (Å²) in [5, 5.41) is 24.4. The van der Waals surface area contributed by atoms with Crippen LogP contribution >= 0.6 is 0 Å². The van der Waals surface area contributed by atoms with Gasteiger partial charge in [0.2, 0.25) is 0 Å². The predicted molar refractivity (Wildman–Crippen MR) is 136 cm³/mol. The monoisotopic (exact) mass is 529 g/mol. The lowest BCUT2D eigenvalue weighted by atomic mass is 10.0. The maximum atomic E-state index is 13.4. The Bertz CT molecular complexity index is 1510. The van der Waals surface area contributed by atoms with Crippen molar-refractivity contribution in [1.29, 1.82) is 5.26 Å². The smallest absolute Gasteiger partial charge is 0.365 e. The molecule has 0 amide bonds. The number of nitrogens with one attached hydrogen (secondary N) is 1. The zero-order valence-corrected chi connectivity index (χ0v) is 21.2. The van der Waals surface area contributed by atoms with Crippen molar-refractivity contribution in [3.63, 3.8) is 0 Å². The summed E-state index contributed by atoms with van der Waals surface area (Å²) in [5.41, 5.74) is -1.17. The third-order valence-corrected chi connectivity index (χ3v) is 6.91. The van der Waals surface area contributed by atoms with Crippen LogP contribution < -0.4 is 15.8 Å². The number of halogens is 3. The number of nitriles is 1. The van der Waals surface area contributed by atoms with E-state index < -0.39 is 28.4 Å². The topological polar surface area (TPSA) is 120 Å². The molecule has 1 N–H and O–H groups in total. The molecule has 200 valence electrons. The van der Waals surface area contributed by atoms with Crippen LogP contribution in [-0.4, -0.2) is 52.6 Å². The van der Waals surface area contributed by atoms with Crippen LogP contribution in [0.4, 0.5) is 30.4 Å². The first kappa shape index (κ1) is 26.9. The van der Waals surface area contributed by atoms with E-state index in [9.17, 15) is 33.3 Å². The van der Waals surface area contributed by atoms with Crippen LogP contribution in [0.15, 0.2) is 35.3 Å². The average Bonchev–Trinajstić information content (AvgIpc) is 3.36. The van der Waals surface area contributed by atoms with E-state index in [1.54, 1.807) is 20.0 Å². The summed E-state index contributed by atoms with van der Waals surface area (Å²) < 4.78 is 41.6. The summed E-state index contributed by atoms with van der Waals surface area (Å²) in [6.45, 7) is 2.84. The highest BCUT2D eigenvalue weighted by Gasteiger charge is 2.33. The van der Waals surface area contributed by atoms with Crippen molar-refractivity contribution in [1.82, 2.24) is 14.5 Å². The molecule has 0 radical (unpaired) electrons. The van der Waals surface area contributed by atoms with Gasteiger partial charge in [0.15, 0.2) is 0 Å². The number of nitro groups is 1. The zero-order valence-electron chi connectivity index (χ0n) is 21.2. The first-order valence-corrected chi connectivity index (χ1v) is 11.8. The number of fused-ring (bicyclic) bond motifs is 1. The summed E-state index contributed by atoms with van der Waals surface area (Å²) in [6.07, 6.45) is -2.63. The number of hydrogen-bond donors (Lipinski definition) is 1. The van der Waals surface area contributed by atoms with Crippen molar-refractivity contribution in [3.8, 4) is 6.07 Å². The molecular weight excluding hydrogens is 503 g/mol. The van der Waals surface area contributed by atoms with E-state index in [4.69, 9.17) is 0 Å². The van der Waals surface area contributed by atoms with Crippen molar-refractivity contribution >= 4 is 28.1 Å². The van der Waals surface area contributed by atoms with Crippen LogP contribution in [0.1, 0.15) is 36.1 Å². The van der Waals surface area contributed by atoms with Gasteiger partial charge in [-0.15, -0.1) is 0 Å². The summed E-state index contributed by atoms with van der Waals surface area (Å²) in [5.74, 6) is 0.228. The Morgan fingerprint density at radius 2 is 2.00 bits per heavy atom. The molecule has 1 aliphatic heterocycles. The van der Waals surface area contributed by atoms with Crippen LogP contribution in [-0.2, 0) is 13.2 Å². The molecule has 10 nitrogen and oxygen atoms in total. The molecule has 4 rings (SSSR count). The fourth-order valence-corrected chi connectivity index (χ4v) is 4.73. The zero-order chi connectivity index (χ0) is 27.9. The van der Waals surface area contributed by atoms with Crippen molar-refractivity contribution < 1.29 is 18.1 Å². The van der Waals surface area contributed by atoms with Gasteiger partial charge in [-0.05, 0) is 45.1 Å². The SMILES string of the molecule is C[C@@H](Nc1ncc(C#N)c2c1cc(N1CCC(N(C)C)C1)c(=O)n2C)c1cc([N+](=O)[O-])cc(C(F)(F)F)c1. The molecule has 0 spiro atoms. The van der Waals surface area contributed by atoms with E-state index in [0.29, 0.717) is 35.7 Å². The van der Waals surface area contributed by atoms with Crippen LogP contribution in [0.5, 0.6) is 0 Å². The Balaban J connectivity index is 1.82. The predicted octanol–water partition coefficient (Wildman–Crippen LogP) is 4.05. The minimum atomic E-state index is -4.77. The summed E-state index contributed by atoms with van der Waals surface area (Å²) in [7, 11) is 5.49. The molecule has 1 fully saturated rings. The van der Waals surface area contributed by atoms with Gasteiger partial charge in [-0.3, -0.25) is 14.9 Å². The molecule has 3 aromatic rings. The highest BCUT2D eigenvalue weighted by atomic mass is 19.4. The van der Waals surface area contributed by atoms with Gasteiger partial charge >= 0.3 is 6.18 Å². The minimum absolute atomic E-state index is 0.0317. The number of pyridine rings is 2. The van der Waals surface area contributed by atoms with Gasteiger partial charge in [0, 0.05) is 49.9 Å². The molecule has 1 unspecified atom stereocenters. The number of anilines is 2. The fourth-order valence-electron chi connectivity index (χ4n) is 4.73. The molecule has 1 saturated heterocycles. The van der Waals surface area contributed by atoms with E-state index in [1.807, 2.05) is 25.1 Å². The van der Waals surface area contributed by atoms with E-state index >= 15 is 0 Å². The Hall–Kier alpha value is -4.18. The van der Waals surface area contributed by atoms with Gasteiger partial charge in [-0.1, -0.05) is 0 Å². The Labute approximate surface area is 216 Å². The standard InChI is InChI=1S/C25H26F3N7O3/c1-14(15-7-17(25(26,27)28)9-19(8-15)35(37)38)31-23-20-10-21(34-6-5-18(13-34)32(2)3)24(36)33(4)22(20)16(11-29)12-30-23/h7-10,12,14,18H,5-6,13H2,1-4H3,(H,30,31)/t14-,18?/m1/s1. The average molecular weight is 530 g/mol. The third kappa shape index (κ3) is 4.99. The van der Waals surface area contributed by atoms with Gasteiger partial charge in [0.25, 0.3) is 11.2 Å². The molecule has 0 bridgehead atoms. The first-order valence-electron chi connectivity index (χ1n) is 11.8. The van der Waals surface area contributed by atoms with E-state index in [1.165, 1.54) is 10.8 Å². The largest absolute Gasteiger partial charge is 0.416 e. The second-order valence-electron chi connectivity index (χ2n) is 9.57. The quantitative estimate of drug-likeness (QED) is 0.375. The maximum Gasteiger partial charge on any atom is 0.416 e. The second kappa shape index (κ2) is 9.94. The third-order valence-electron chi connectivity index (χ3n) is 6.91. The lowest BCUT2D eigenvalue weighted by Crippen LogP contribution is -2.34. The Morgan fingerprint density at radius 1 is 1.29 bits per heavy atom. The van der Waals surface area contributed by atoms with Gasteiger partial charge in [0.05, 0.1) is 27.6 Å². The molecule has 38 heavy (non-hydrogen) atoms. The van der Waals surface area contributed by atoms with Gasteiger partial charge in [0.1, 0.15) is 17.6 Å². The molecule has 0 saturated carbocycles. The number of nitrogens with zero attached hydrogens (tertiary/aromatic N) is 6. The van der Waals surface area contributed by atoms with Crippen molar-refractivity contribution in [2.24, 2.45) is 7.05 Å². The number of nitro benzene ring substituents is 1. The highest BCUT2D eigenvalue weighted by molar-refractivity contribution is 5.95. The van der Waals surface area contributed by atoms with E-state index in [-0.39, 0.29) is 28.5 Å². The molecule has 1 aliphatic rings. The van der Waals surface area contributed by atoms with Crippen LogP contribution in [0.3, 0.4) is 0 Å². The number of non-ortho nitro benzene ring substituents is 1. The van der Waals surface area contributed by atoms with Gasteiger partial charge in [-0.25, -0.2) is 4.98 Å². The Kier molecular flexibility index (Phi) is 7.03. The van der Waals surface area contributed by atoms with Gasteiger partial charge in [-0.2, -0.15) is 18.4 Å². The lowest BCUT2D eigenvalue weighted by Gasteiger charge is -2.23. The number of benzene rings is 1. The molecule has 1 aromatic carbocycles. The molecule has 13 heteroatoms. The summed E-state index contributed by atoms with van der Waals surface area (Å²) >= 11 is 0. The van der Waals surface area contributed by atoms with Crippen molar-refractivity contribution in [2.75, 3.05) is 37.4 Å². The van der Waals surface area contributed by atoms with Crippen LogP contribution in [0.2, 0.25) is 0 Å². The summed E-state index contributed by atoms with van der Waals surface area (Å²) in [4.78, 5) is 32.1. The maximum absolute atomic E-state index is 13.4. The molecular formula is C25H26F3N7O3. The number of aryl methyl sites for hydroxylation is 1. The molecule has 2 atom stereocenters. The number of alkyl halides is 3. The van der Waals surface area contributed by atoms with Crippen molar-refractivity contribution in [2.45, 2.75) is 31.6 Å². The number of aromatic nitrogens is 2. The number of likely N-dealkylation sites (N-methyl/N-ethyl adjacent to an activating group) is 1. The molecule has 0 aliphatic carbocycles. The number of hydrogen-bond acceptors (Lipinski definition) is 8. The first-order chi connectivity index (χ1) is 17.8. The van der Waals surface area contributed by atoms with Gasteiger partial charge < -0.3 is 19.7 Å². The minimum Gasteiger partial charge on any atom is -0.365 e. The number of rotatable bonds is 6. The van der Waals surface area contributed by atoms with Crippen LogP contribution in [0, 0.1) is 21.4 Å². The normalized spacial score (nSPS) is 16.6. The second-order valence-corrected chi connectivity index (χ2v) is 9.57. The Morgan fingerprint density at radius 3 is 2.58 bits per heavy atom. The summed E-state index contributed by atoms with van der Waals surface area (Å²) in [6, 6.07) is 5.53. The lowest BCUT2D eigenvalue weighted by molar-refractivity contribution is -0.385. The van der Waals surface area contributed by atoms with E-state index in [0.717, 1.165) is 18.6 Å². The fraction of sp³-hybridized carbons (Fsp3) is 0.400. The van der Waals surface area contributed by atoms with E-state index in [2.05, 4.69) is 15.2 Å². The highest BCUT2D eigenvalue weighted by Crippen LogP contribution is 2.36. The molecule has 2 aromatic heterocycles. The van der Waals surface area contributed by atoms with Crippen LogP contribution in [0.25, 0.3) is 10.9 Å². The molecule has 3 heterocycles. The van der Waals surface area contributed by atoms with Crippen molar-refractivity contribution in [3.05, 3.63) is 67.6 Å².